The molecule has 0 aromatic heterocycles. The van der Waals surface area contributed by atoms with Crippen molar-refractivity contribution in [2.75, 3.05) is 12.4 Å². The third-order valence-corrected chi connectivity index (χ3v) is 3.56. The number of hydrogen-bond donors (Lipinski definition) is 1. The summed E-state index contributed by atoms with van der Waals surface area (Å²) in [5, 5.41) is 3.43. The molecule has 3 nitrogen and oxygen atoms in total. The Morgan fingerprint density at radius 2 is 2.21 bits per heavy atom. The Hall–Kier alpha value is -2.29. The SMILES string of the molecule is COC1=CC=CC2=C(C=O)c3cc(C)ccc3NC12. The molecule has 2 aliphatic rings. The number of hydrogen-bond acceptors (Lipinski definition) is 3. The van der Waals surface area contributed by atoms with Crippen molar-refractivity contribution in [2.24, 2.45) is 0 Å². The lowest BCUT2D eigenvalue weighted by molar-refractivity contribution is -0.103. The van der Waals surface area contributed by atoms with E-state index >= 15 is 0 Å². The quantitative estimate of drug-likeness (QED) is 0.824. The molecular formula is C16H15NO2. The zero-order chi connectivity index (χ0) is 13.4. The number of rotatable bonds is 2. The van der Waals surface area contributed by atoms with E-state index in [2.05, 4.69) is 5.32 Å². The predicted octanol–water partition coefficient (Wildman–Crippen LogP) is 2.84. The molecule has 96 valence electrons. The molecule has 1 heterocycles. The van der Waals surface area contributed by atoms with Crippen LogP contribution in [0.5, 0.6) is 0 Å². The van der Waals surface area contributed by atoms with E-state index in [-0.39, 0.29) is 6.04 Å². The van der Waals surface area contributed by atoms with Gasteiger partial charge >= 0.3 is 0 Å². The van der Waals surface area contributed by atoms with Crippen LogP contribution >= 0.6 is 0 Å². The molecule has 1 aromatic rings. The van der Waals surface area contributed by atoms with Crippen molar-refractivity contribution >= 4 is 17.5 Å². The molecule has 3 rings (SSSR count). The van der Waals surface area contributed by atoms with Gasteiger partial charge in [0.05, 0.1) is 7.11 Å². The first-order valence-electron chi connectivity index (χ1n) is 6.23. The van der Waals surface area contributed by atoms with Crippen LogP contribution in [0.25, 0.3) is 5.57 Å². The van der Waals surface area contributed by atoms with Crippen molar-refractivity contribution in [3.8, 4) is 0 Å². The number of carbonyl (C=O) groups is 1. The van der Waals surface area contributed by atoms with Gasteiger partial charge in [-0.25, -0.2) is 0 Å². The van der Waals surface area contributed by atoms with E-state index in [4.69, 9.17) is 4.74 Å². The molecular weight excluding hydrogens is 238 g/mol. The molecule has 0 saturated heterocycles. The van der Waals surface area contributed by atoms with E-state index in [1.165, 1.54) is 0 Å². The van der Waals surface area contributed by atoms with E-state index in [9.17, 15) is 4.79 Å². The maximum absolute atomic E-state index is 11.5. The average molecular weight is 253 g/mol. The second-order valence-electron chi connectivity index (χ2n) is 4.75. The first-order chi connectivity index (χ1) is 9.24. The monoisotopic (exact) mass is 253 g/mol. The molecule has 3 heteroatoms. The summed E-state index contributed by atoms with van der Waals surface area (Å²) >= 11 is 0. The number of benzene rings is 1. The van der Waals surface area contributed by atoms with Gasteiger partial charge in [-0.05, 0) is 30.7 Å². The normalized spacial score (nSPS) is 20.1. The van der Waals surface area contributed by atoms with Crippen LogP contribution in [-0.2, 0) is 9.53 Å². The topological polar surface area (TPSA) is 38.3 Å². The fourth-order valence-corrected chi connectivity index (χ4v) is 2.62. The number of aldehydes is 1. The Morgan fingerprint density at radius 3 is 2.95 bits per heavy atom. The second kappa shape index (κ2) is 4.43. The van der Waals surface area contributed by atoms with Crippen LogP contribution in [0, 0.1) is 6.92 Å². The Bertz CT molecular complexity index is 638. The van der Waals surface area contributed by atoms with Crippen molar-refractivity contribution in [3.63, 3.8) is 0 Å². The van der Waals surface area contributed by atoms with Gasteiger partial charge in [-0.1, -0.05) is 23.8 Å². The molecule has 1 aromatic carbocycles. The third kappa shape index (κ3) is 1.78. The second-order valence-corrected chi connectivity index (χ2v) is 4.75. The largest absolute Gasteiger partial charge is 0.499 e. The number of ether oxygens (including phenoxy) is 1. The number of anilines is 1. The molecule has 0 saturated carbocycles. The van der Waals surface area contributed by atoms with E-state index in [0.29, 0.717) is 0 Å². The highest BCUT2D eigenvalue weighted by Crippen LogP contribution is 2.37. The maximum Gasteiger partial charge on any atom is 0.151 e. The summed E-state index contributed by atoms with van der Waals surface area (Å²) < 4.78 is 5.39. The zero-order valence-electron chi connectivity index (χ0n) is 10.9. The minimum atomic E-state index is -0.0783. The molecule has 0 bridgehead atoms. The highest BCUT2D eigenvalue weighted by molar-refractivity contribution is 6.13. The van der Waals surface area contributed by atoms with E-state index in [1.807, 2.05) is 43.4 Å². The number of methoxy groups -OCH3 is 1. The minimum absolute atomic E-state index is 0.0783. The van der Waals surface area contributed by atoms with Crippen LogP contribution in [0.2, 0.25) is 0 Å². The van der Waals surface area contributed by atoms with Crippen molar-refractivity contribution < 1.29 is 9.53 Å². The predicted molar refractivity (Wildman–Crippen MR) is 75.8 cm³/mol. The van der Waals surface area contributed by atoms with Crippen LogP contribution in [0.15, 0.2) is 47.8 Å². The van der Waals surface area contributed by atoms with Gasteiger partial charge in [0.15, 0.2) is 6.29 Å². The minimum Gasteiger partial charge on any atom is -0.499 e. The summed E-state index contributed by atoms with van der Waals surface area (Å²) in [6.07, 6.45) is 6.74. The van der Waals surface area contributed by atoms with Crippen molar-refractivity contribution in [1.29, 1.82) is 0 Å². The van der Waals surface area contributed by atoms with Crippen LogP contribution in [-0.4, -0.2) is 19.4 Å². The lowest BCUT2D eigenvalue weighted by atomic mass is 9.86. The summed E-state index contributed by atoms with van der Waals surface area (Å²) in [6, 6.07) is 6.00. The van der Waals surface area contributed by atoms with Crippen LogP contribution in [0.1, 0.15) is 11.1 Å². The lowest BCUT2D eigenvalue weighted by Crippen LogP contribution is -2.31. The Labute approximate surface area is 112 Å². The van der Waals surface area contributed by atoms with Gasteiger partial charge in [0.2, 0.25) is 0 Å². The molecule has 19 heavy (non-hydrogen) atoms. The highest BCUT2D eigenvalue weighted by atomic mass is 16.5. The molecule has 1 unspecified atom stereocenters. The summed E-state index contributed by atoms with van der Waals surface area (Å²) in [6.45, 7) is 2.02. The Morgan fingerprint density at radius 1 is 1.37 bits per heavy atom. The molecule has 0 spiro atoms. The number of carbonyl (C=O) groups excluding carboxylic acids is 1. The van der Waals surface area contributed by atoms with Gasteiger partial charge in [-0.3, -0.25) is 4.79 Å². The molecule has 0 amide bonds. The fraction of sp³-hybridized carbons (Fsp3) is 0.188. The van der Waals surface area contributed by atoms with Gasteiger partial charge in [-0.15, -0.1) is 0 Å². The van der Waals surface area contributed by atoms with Crippen LogP contribution < -0.4 is 5.32 Å². The molecule has 0 radical (unpaired) electrons. The molecule has 1 aliphatic carbocycles. The van der Waals surface area contributed by atoms with Gasteiger partial charge in [0.1, 0.15) is 11.8 Å². The first kappa shape index (κ1) is 11.8. The third-order valence-electron chi connectivity index (χ3n) is 3.56. The summed E-state index contributed by atoms with van der Waals surface area (Å²) in [5.74, 6) is 0.822. The van der Waals surface area contributed by atoms with Gasteiger partial charge < -0.3 is 10.1 Å². The van der Waals surface area contributed by atoms with Crippen molar-refractivity contribution in [2.45, 2.75) is 13.0 Å². The smallest absolute Gasteiger partial charge is 0.151 e. The summed E-state index contributed by atoms with van der Waals surface area (Å²) in [5.41, 5.74) is 4.78. The fourth-order valence-electron chi connectivity index (χ4n) is 2.62. The molecule has 1 atom stereocenters. The van der Waals surface area contributed by atoms with Gasteiger partial charge in [0.25, 0.3) is 0 Å². The number of allylic oxidation sites excluding steroid dienone is 3. The Kier molecular flexibility index (Phi) is 2.75. The summed E-state index contributed by atoms with van der Waals surface area (Å²) in [4.78, 5) is 11.5. The van der Waals surface area contributed by atoms with Crippen LogP contribution in [0.3, 0.4) is 0 Å². The Balaban J connectivity index is 2.21. The van der Waals surface area contributed by atoms with Crippen molar-refractivity contribution in [3.05, 3.63) is 58.9 Å². The van der Waals surface area contributed by atoms with E-state index in [0.717, 1.165) is 40.0 Å². The molecule has 1 N–H and O–H groups in total. The molecule has 0 fully saturated rings. The summed E-state index contributed by atoms with van der Waals surface area (Å²) in [7, 11) is 1.65. The van der Waals surface area contributed by atoms with Gasteiger partial charge in [-0.2, -0.15) is 0 Å². The standard InChI is InChI=1S/C16H15NO2/c1-10-6-7-14-12(8-10)13(9-18)11-4-3-5-15(19-2)16(11)17-14/h3-9,16-17H,1-2H3. The number of aryl methyl sites for hydroxylation is 1. The van der Waals surface area contributed by atoms with Gasteiger partial charge in [0, 0.05) is 16.8 Å². The van der Waals surface area contributed by atoms with Crippen LogP contribution in [0.4, 0.5) is 5.69 Å². The first-order valence-corrected chi connectivity index (χ1v) is 6.23. The maximum atomic E-state index is 11.5. The van der Waals surface area contributed by atoms with E-state index < -0.39 is 0 Å². The number of nitrogens with one attached hydrogen (secondary N) is 1. The van der Waals surface area contributed by atoms with Crippen molar-refractivity contribution in [1.82, 2.24) is 0 Å². The number of fused-ring (bicyclic) bond motifs is 2. The highest BCUT2D eigenvalue weighted by Gasteiger charge is 2.29. The lowest BCUT2D eigenvalue weighted by Gasteiger charge is -2.32. The van der Waals surface area contributed by atoms with E-state index in [1.54, 1.807) is 7.11 Å². The zero-order valence-corrected chi connectivity index (χ0v) is 10.9. The molecule has 1 aliphatic heterocycles. The average Bonchev–Trinajstić information content (AvgIpc) is 2.44.